The number of carbonyl (C=O) groups excluding carboxylic acids is 2. The van der Waals surface area contributed by atoms with Crippen LogP contribution >= 0.6 is 0 Å². The molecule has 1 unspecified atom stereocenters. The predicted molar refractivity (Wildman–Crippen MR) is 176 cm³/mol. The molecule has 0 spiro atoms. The van der Waals surface area contributed by atoms with Gasteiger partial charge in [0.15, 0.2) is 0 Å². The number of esters is 2. The first-order chi connectivity index (χ1) is 19.8. The molecule has 4 heteroatoms. The van der Waals surface area contributed by atoms with Crippen molar-refractivity contribution in [2.24, 2.45) is 17.8 Å². The van der Waals surface area contributed by atoms with E-state index in [9.17, 15) is 9.59 Å². The van der Waals surface area contributed by atoms with E-state index in [1.807, 2.05) is 0 Å². The summed E-state index contributed by atoms with van der Waals surface area (Å²) in [6.07, 6.45) is 29.6. The van der Waals surface area contributed by atoms with Crippen molar-refractivity contribution in [2.45, 2.75) is 195 Å². The van der Waals surface area contributed by atoms with Crippen LogP contribution < -0.4 is 0 Å². The second-order valence-electron chi connectivity index (χ2n) is 13.7. The molecule has 4 nitrogen and oxygen atoms in total. The van der Waals surface area contributed by atoms with E-state index in [1.54, 1.807) is 0 Å². The van der Waals surface area contributed by atoms with Gasteiger partial charge in [-0.1, -0.05) is 157 Å². The molecule has 0 aliphatic rings. The maximum atomic E-state index is 11.9. The molecule has 0 aromatic carbocycles. The molecule has 0 aliphatic heterocycles. The van der Waals surface area contributed by atoms with E-state index in [0.717, 1.165) is 43.9 Å². The summed E-state index contributed by atoms with van der Waals surface area (Å²) < 4.78 is 10.8. The van der Waals surface area contributed by atoms with Crippen molar-refractivity contribution in [1.82, 2.24) is 0 Å². The Morgan fingerprint density at radius 3 is 1.17 bits per heavy atom. The van der Waals surface area contributed by atoms with Gasteiger partial charge in [-0.2, -0.15) is 0 Å². The van der Waals surface area contributed by atoms with E-state index in [1.165, 1.54) is 116 Å². The Bertz CT molecular complexity index is 571. The fourth-order valence-electron chi connectivity index (χ4n) is 5.39. The summed E-state index contributed by atoms with van der Waals surface area (Å²) in [4.78, 5) is 23.7. The minimum atomic E-state index is -0.00354. The molecule has 0 aliphatic carbocycles. The molecule has 244 valence electrons. The molecule has 0 fully saturated rings. The fraction of sp³-hybridized carbons (Fsp3) is 0.946. The smallest absolute Gasteiger partial charge is 0.305 e. The monoisotopic (exact) mass is 581 g/mol. The minimum absolute atomic E-state index is 0.00108. The first-order valence-corrected chi connectivity index (χ1v) is 18.1. The van der Waals surface area contributed by atoms with Crippen molar-refractivity contribution in [3.8, 4) is 0 Å². The summed E-state index contributed by atoms with van der Waals surface area (Å²) in [6.45, 7) is 12.5. The summed E-state index contributed by atoms with van der Waals surface area (Å²) in [5.74, 6) is 2.16. The van der Waals surface area contributed by atoms with Crippen LogP contribution in [0.2, 0.25) is 0 Å². The summed E-state index contributed by atoms with van der Waals surface area (Å²) in [7, 11) is 0. The standard InChI is InChI=1S/C37H72O4/c1-33(2)25-19-17-23-31-40-36(38)28-22-16-14-12-10-8-6-7-9-11-13-15-21-27-35(5)29-30-37(39)41-32-24-18-20-26-34(3)4/h33-35H,6-32H2,1-5H3. The van der Waals surface area contributed by atoms with Gasteiger partial charge >= 0.3 is 11.9 Å². The van der Waals surface area contributed by atoms with Gasteiger partial charge in [-0.05, 0) is 43.4 Å². The highest BCUT2D eigenvalue weighted by Gasteiger charge is 2.08. The zero-order valence-corrected chi connectivity index (χ0v) is 28.5. The Balaban J connectivity index is 3.30. The van der Waals surface area contributed by atoms with Crippen molar-refractivity contribution in [3.05, 3.63) is 0 Å². The van der Waals surface area contributed by atoms with Gasteiger partial charge in [0.25, 0.3) is 0 Å². The van der Waals surface area contributed by atoms with Crippen LogP contribution in [0.25, 0.3) is 0 Å². The van der Waals surface area contributed by atoms with Crippen molar-refractivity contribution in [1.29, 1.82) is 0 Å². The summed E-state index contributed by atoms with van der Waals surface area (Å²) >= 11 is 0. The van der Waals surface area contributed by atoms with Crippen LogP contribution in [0.5, 0.6) is 0 Å². The van der Waals surface area contributed by atoms with E-state index in [-0.39, 0.29) is 11.9 Å². The lowest BCUT2D eigenvalue weighted by molar-refractivity contribution is -0.144. The number of carbonyl (C=O) groups is 2. The zero-order chi connectivity index (χ0) is 30.4. The van der Waals surface area contributed by atoms with E-state index in [2.05, 4.69) is 34.6 Å². The molecule has 0 saturated heterocycles. The Hall–Kier alpha value is -1.06. The van der Waals surface area contributed by atoms with Gasteiger partial charge in [0.05, 0.1) is 13.2 Å². The Morgan fingerprint density at radius 2 is 0.732 bits per heavy atom. The average molecular weight is 581 g/mol. The molecule has 0 N–H and O–H groups in total. The molecule has 0 saturated carbocycles. The molecule has 0 amide bonds. The third kappa shape index (κ3) is 33.3. The third-order valence-electron chi connectivity index (χ3n) is 8.30. The molecular weight excluding hydrogens is 508 g/mol. The van der Waals surface area contributed by atoms with Gasteiger partial charge in [-0.3, -0.25) is 9.59 Å². The van der Waals surface area contributed by atoms with Gasteiger partial charge in [0.1, 0.15) is 0 Å². The predicted octanol–water partition coefficient (Wildman–Crippen LogP) is 11.8. The molecule has 0 aromatic heterocycles. The van der Waals surface area contributed by atoms with Crippen LogP contribution in [-0.4, -0.2) is 25.2 Å². The molecule has 41 heavy (non-hydrogen) atoms. The number of hydrogen-bond acceptors (Lipinski definition) is 4. The second-order valence-corrected chi connectivity index (χ2v) is 13.7. The quantitative estimate of drug-likeness (QED) is 0.0604. The van der Waals surface area contributed by atoms with Crippen LogP contribution in [0.3, 0.4) is 0 Å². The van der Waals surface area contributed by atoms with Gasteiger partial charge < -0.3 is 9.47 Å². The van der Waals surface area contributed by atoms with Crippen LogP contribution in [-0.2, 0) is 19.1 Å². The number of ether oxygens (including phenoxy) is 2. The van der Waals surface area contributed by atoms with Crippen LogP contribution in [0, 0.1) is 17.8 Å². The lowest BCUT2D eigenvalue weighted by Crippen LogP contribution is -2.08. The van der Waals surface area contributed by atoms with Gasteiger partial charge in [-0.15, -0.1) is 0 Å². The van der Waals surface area contributed by atoms with Crippen molar-refractivity contribution in [2.75, 3.05) is 13.2 Å². The maximum Gasteiger partial charge on any atom is 0.305 e. The molecule has 0 radical (unpaired) electrons. The Kier molecular flexibility index (Phi) is 29.6. The zero-order valence-electron chi connectivity index (χ0n) is 28.5. The first kappa shape index (κ1) is 39.9. The molecule has 1 atom stereocenters. The first-order valence-electron chi connectivity index (χ1n) is 18.1. The number of unbranched alkanes of at least 4 members (excludes halogenated alkanes) is 16. The van der Waals surface area contributed by atoms with Crippen LogP contribution in [0.1, 0.15) is 195 Å². The van der Waals surface area contributed by atoms with Gasteiger partial charge in [0.2, 0.25) is 0 Å². The second kappa shape index (κ2) is 30.4. The van der Waals surface area contributed by atoms with E-state index in [4.69, 9.17) is 9.47 Å². The van der Waals surface area contributed by atoms with E-state index >= 15 is 0 Å². The number of hydrogen-bond donors (Lipinski definition) is 0. The van der Waals surface area contributed by atoms with Gasteiger partial charge in [0, 0.05) is 12.8 Å². The SMILES string of the molecule is CC(C)CCCCCOC(=O)CCCCCCCCCCCCCCCC(C)CCC(=O)OCCCCCC(C)C. The van der Waals surface area contributed by atoms with E-state index in [0.29, 0.717) is 32.0 Å². The summed E-state index contributed by atoms with van der Waals surface area (Å²) in [6, 6.07) is 0. The van der Waals surface area contributed by atoms with Crippen LogP contribution in [0.4, 0.5) is 0 Å². The Labute approximate surface area is 256 Å². The minimum Gasteiger partial charge on any atom is -0.466 e. The topological polar surface area (TPSA) is 52.6 Å². The largest absolute Gasteiger partial charge is 0.466 e. The maximum absolute atomic E-state index is 11.9. The lowest BCUT2D eigenvalue weighted by atomic mass is 9.97. The molecular formula is C37H72O4. The van der Waals surface area contributed by atoms with Crippen molar-refractivity contribution in [3.63, 3.8) is 0 Å². The molecule has 0 aromatic rings. The highest BCUT2D eigenvalue weighted by atomic mass is 16.5. The van der Waals surface area contributed by atoms with Crippen molar-refractivity contribution < 1.29 is 19.1 Å². The van der Waals surface area contributed by atoms with Gasteiger partial charge in [-0.25, -0.2) is 0 Å². The number of rotatable bonds is 31. The van der Waals surface area contributed by atoms with Crippen LogP contribution in [0.15, 0.2) is 0 Å². The highest BCUT2D eigenvalue weighted by Crippen LogP contribution is 2.18. The highest BCUT2D eigenvalue weighted by molar-refractivity contribution is 5.69. The third-order valence-corrected chi connectivity index (χ3v) is 8.30. The summed E-state index contributed by atoms with van der Waals surface area (Å²) in [5, 5.41) is 0. The lowest BCUT2D eigenvalue weighted by Gasteiger charge is -2.11. The normalized spacial score (nSPS) is 12.3. The average Bonchev–Trinajstić information content (AvgIpc) is 2.93. The van der Waals surface area contributed by atoms with Crippen molar-refractivity contribution >= 4 is 11.9 Å². The van der Waals surface area contributed by atoms with E-state index < -0.39 is 0 Å². The molecule has 0 heterocycles. The molecule has 0 bridgehead atoms. The summed E-state index contributed by atoms with van der Waals surface area (Å²) in [5.41, 5.74) is 0. The molecule has 0 rings (SSSR count). The fourth-order valence-corrected chi connectivity index (χ4v) is 5.39. The Morgan fingerprint density at radius 1 is 0.390 bits per heavy atom.